The lowest BCUT2D eigenvalue weighted by Gasteiger charge is -2.11. The molecule has 0 heterocycles. The van der Waals surface area contributed by atoms with Crippen molar-refractivity contribution >= 4 is 0 Å². The average Bonchev–Trinajstić information content (AvgIpc) is 3.24. The molecule has 1 fully saturated rings. The van der Waals surface area contributed by atoms with Gasteiger partial charge in [-0.3, -0.25) is 0 Å². The Hall–Kier alpha value is -1.42. The predicted octanol–water partition coefficient (Wildman–Crippen LogP) is 2.69. The lowest BCUT2D eigenvalue weighted by molar-refractivity contribution is 0.339. The molecule has 0 atom stereocenters. The number of phenolic OH excluding ortho intramolecular Hbond substituents is 1. The van der Waals surface area contributed by atoms with Gasteiger partial charge in [-0.1, -0.05) is 12.8 Å². The molecule has 0 saturated heterocycles. The number of aromatic hydroxyl groups is 1. The van der Waals surface area contributed by atoms with E-state index in [9.17, 15) is 5.11 Å². The van der Waals surface area contributed by atoms with Gasteiger partial charge in [0.15, 0.2) is 11.5 Å². The van der Waals surface area contributed by atoms with Crippen LogP contribution < -0.4 is 14.8 Å². The molecular formula is C15H23NO3. The first-order valence-corrected chi connectivity index (χ1v) is 6.89. The van der Waals surface area contributed by atoms with Crippen LogP contribution >= 0.6 is 0 Å². The maximum atomic E-state index is 9.82. The van der Waals surface area contributed by atoms with E-state index in [-0.39, 0.29) is 5.75 Å². The van der Waals surface area contributed by atoms with Crippen LogP contribution in [0.4, 0.5) is 0 Å². The van der Waals surface area contributed by atoms with Crippen molar-refractivity contribution in [3.8, 4) is 17.2 Å². The predicted molar refractivity (Wildman–Crippen MR) is 74.9 cm³/mol. The first-order chi connectivity index (χ1) is 9.24. The van der Waals surface area contributed by atoms with Crippen molar-refractivity contribution in [2.24, 2.45) is 5.92 Å². The van der Waals surface area contributed by atoms with Crippen LogP contribution in [0.25, 0.3) is 0 Å². The Morgan fingerprint density at radius 3 is 2.37 bits per heavy atom. The van der Waals surface area contributed by atoms with Gasteiger partial charge >= 0.3 is 0 Å². The Kier molecular flexibility index (Phi) is 4.91. The zero-order valence-corrected chi connectivity index (χ0v) is 11.7. The van der Waals surface area contributed by atoms with Crippen molar-refractivity contribution in [3.05, 3.63) is 17.7 Å². The van der Waals surface area contributed by atoms with E-state index in [2.05, 4.69) is 5.32 Å². The summed E-state index contributed by atoms with van der Waals surface area (Å²) < 4.78 is 10.3. The molecule has 0 aromatic heterocycles. The van der Waals surface area contributed by atoms with Crippen LogP contribution in [-0.4, -0.2) is 25.9 Å². The fourth-order valence-corrected chi connectivity index (χ4v) is 2.20. The van der Waals surface area contributed by atoms with Gasteiger partial charge in [0.25, 0.3) is 0 Å². The van der Waals surface area contributed by atoms with E-state index in [1.807, 2.05) is 12.1 Å². The molecule has 0 radical (unpaired) electrons. The van der Waals surface area contributed by atoms with Crippen molar-refractivity contribution < 1.29 is 14.6 Å². The van der Waals surface area contributed by atoms with Crippen molar-refractivity contribution in [1.82, 2.24) is 5.32 Å². The fourth-order valence-electron chi connectivity index (χ4n) is 2.20. The molecule has 0 amide bonds. The normalized spacial score (nSPS) is 14.4. The maximum absolute atomic E-state index is 9.82. The summed E-state index contributed by atoms with van der Waals surface area (Å²) in [6, 6.07) is 3.68. The first-order valence-electron chi connectivity index (χ1n) is 6.89. The molecule has 0 bridgehead atoms. The first kappa shape index (κ1) is 14.0. The number of methoxy groups -OCH3 is 2. The Bertz CT molecular complexity index is 391. The van der Waals surface area contributed by atoms with Crippen LogP contribution in [0.3, 0.4) is 0 Å². The van der Waals surface area contributed by atoms with E-state index in [1.54, 1.807) is 14.2 Å². The highest BCUT2D eigenvalue weighted by Crippen LogP contribution is 2.37. The third-order valence-corrected chi connectivity index (χ3v) is 3.53. The van der Waals surface area contributed by atoms with E-state index in [1.165, 1.54) is 25.7 Å². The standard InChI is InChI=1S/C15H23NO3/c1-18-13-8-12(9-14(19-2)15(13)17)10-16-7-3-4-11-5-6-11/h8-9,11,16-17H,3-7,10H2,1-2H3. The van der Waals surface area contributed by atoms with Crippen LogP contribution in [0, 0.1) is 5.92 Å². The summed E-state index contributed by atoms with van der Waals surface area (Å²) in [5, 5.41) is 13.2. The van der Waals surface area contributed by atoms with Gasteiger partial charge in [0.2, 0.25) is 5.75 Å². The molecule has 4 heteroatoms. The zero-order valence-electron chi connectivity index (χ0n) is 11.7. The van der Waals surface area contributed by atoms with Gasteiger partial charge in [0.05, 0.1) is 14.2 Å². The summed E-state index contributed by atoms with van der Waals surface area (Å²) in [5.74, 6) is 1.96. The summed E-state index contributed by atoms with van der Waals surface area (Å²) >= 11 is 0. The minimum Gasteiger partial charge on any atom is -0.502 e. The third-order valence-electron chi connectivity index (χ3n) is 3.53. The van der Waals surface area contributed by atoms with Crippen LogP contribution in [0.5, 0.6) is 17.2 Å². The second kappa shape index (κ2) is 6.66. The molecule has 1 aliphatic carbocycles. The largest absolute Gasteiger partial charge is 0.502 e. The number of rotatable bonds is 8. The van der Waals surface area contributed by atoms with Gasteiger partial charge in [-0.15, -0.1) is 0 Å². The fraction of sp³-hybridized carbons (Fsp3) is 0.600. The van der Waals surface area contributed by atoms with E-state index >= 15 is 0 Å². The van der Waals surface area contributed by atoms with Gasteiger partial charge < -0.3 is 19.9 Å². The van der Waals surface area contributed by atoms with Crippen molar-refractivity contribution in [2.45, 2.75) is 32.2 Å². The molecule has 106 valence electrons. The number of phenols is 1. The lowest BCUT2D eigenvalue weighted by Crippen LogP contribution is -2.15. The van der Waals surface area contributed by atoms with Gasteiger partial charge in [-0.25, -0.2) is 0 Å². The number of hydrogen-bond donors (Lipinski definition) is 2. The average molecular weight is 265 g/mol. The minimum atomic E-state index is 0.0579. The Labute approximate surface area is 114 Å². The molecule has 1 aliphatic rings. The SMILES string of the molecule is COc1cc(CNCCCC2CC2)cc(OC)c1O. The highest BCUT2D eigenvalue weighted by Gasteiger charge is 2.19. The molecule has 4 nitrogen and oxygen atoms in total. The van der Waals surface area contributed by atoms with Crippen LogP contribution in [0.1, 0.15) is 31.2 Å². The zero-order chi connectivity index (χ0) is 13.7. The summed E-state index contributed by atoms with van der Waals surface area (Å²) in [6.45, 7) is 1.79. The summed E-state index contributed by atoms with van der Waals surface area (Å²) in [6.07, 6.45) is 5.42. The van der Waals surface area contributed by atoms with Crippen LogP contribution in [0.2, 0.25) is 0 Å². The molecule has 1 aromatic carbocycles. The second-order valence-electron chi connectivity index (χ2n) is 5.11. The number of hydrogen-bond acceptors (Lipinski definition) is 4. The van der Waals surface area contributed by atoms with E-state index in [4.69, 9.17) is 9.47 Å². The molecule has 0 aliphatic heterocycles. The quantitative estimate of drug-likeness (QED) is 0.710. The summed E-state index contributed by atoms with van der Waals surface area (Å²) in [4.78, 5) is 0. The van der Waals surface area contributed by atoms with E-state index in [0.29, 0.717) is 11.5 Å². The minimum absolute atomic E-state index is 0.0579. The molecule has 0 spiro atoms. The van der Waals surface area contributed by atoms with E-state index < -0.39 is 0 Å². The number of ether oxygens (including phenoxy) is 2. The third kappa shape index (κ3) is 4.03. The van der Waals surface area contributed by atoms with Gasteiger partial charge in [-0.2, -0.15) is 0 Å². The topological polar surface area (TPSA) is 50.7 Å². The van der Waals surface area contributed by atoms with Gasteiger partial charge in [-0.05, 0) is 43.0 Å². The lowest BCUT2D eigenvalue weighted by atomic mass is 10.1. The monoisotopic (exact) mass is 265 g/mol. The van der Waals surface area contributed by atoms with E-state index in [0.717, 1.165) is 24.6 Å². The molecule has 19 heavy (non-hydrogen) atoms. The maximum Gasteiger partial charge on any atom is 0.200 e. The van der Waals surface area contributed by atoms with Crippen LogP contribution in [0.15, 0.2) is 12.1 Å². The molecule has 1 saturated carbocycles. The molecular weight excluding hydrogens is 242 g/mol. The molecule has 1 aromatic rings. The molecule has 2 rings (SSSR count). The second-order valence-corrected chi connectivity index (χ2v) is 5.11. The Morgan fingerprint density at radius 1 is 1.21 bits per heavy atom. The Morgan fingerprint density at radius 2 is 1.84 bits per heavy atom. The van der Waals surface area contributed by atoms with Crippen molar-refractivity contribution in [2.75, 3.05) is 20.8 Å². The summed E-state index contributed by atoms with van der Waals surface area (Å²) in [5.41, 5.74) is 1.05. The highest BCUT2D eigenvalue weighted by molar-refractivity contribution is 5.52. The van der Waals surface area contributed by atoms with Gasteiger partial charge in [0, 0.05) is 6.54 Å². The smallest absolute Gasteiger partial charge is 0.200 e. The molecule has 2 N–H and O–H groups in total. The van der Waals surface area contributed by atoms with Crippen LogP contribution in [-0.2, 0) is 6.54 Å². The van der Waals surface area contributed by atoms with Crippen molar-refractivity contribution in [3.63, 3.8) is 0 Å². The van der Waals surface area contributed by atoms with Gasteiger partial charge in [0.1, 0.15) is 0 Å². The molecule has 0 unspecified atom stereocenters. The highest BCUT2D eigenvalue weighted by atomic mass is 16.5. The van der Waals surface area contributed by atoms with Crippen molar-refractivity contribution in [1.29, 1.82) is 0 Å². The Balaban J connectivity index is 1.84. The number of nitrogens with one attached hydrogen (secondary N) is 1. The summed E-state index contributed by atoms with van der Waals surface area (Å²) in [7, 11) is 3.09. The number of benzene rings is 1.